The number of aromatic nitrogens is 1. The lowest BCUT2D eigenvalue weighted by Crippen LogP contribution is -2.27. The molecule has 0 aliphatic carbocycles. The topological polar surface area (TPSA) is 90.4 Å². The number of nitrogens with one attached hydrogen (secondary N) is 1. The van der Waals surface area contributed by atoms with Crippen LogP contribution in [0.3, 0.4) is 0 Å². The summed E-state index contributed by atoms with van der Waals surface area (Å²) in [7, 11) is 0. The fourth-order valence-electron chi connectivity index (χ4n) is 1.67. The number of hydrogen-bond acceptors (Lipinski definition) is 5. The molecule has 0 unspecified atom stereocenters. The van der Waals surface area contributed by atoms with Crippen LogP contribution in [0.25, 0.3) is 11.1 Å². The number of carbonyl (C=O) groups is 1. The van der Waals surface area contributed by atoms with E-state index in [0.717, 1.165) is 10.0 Å². The number of halogens is 1. The van der Waals surface area contributed by atoms with Gasteiger partial charge in [-0.25, -0.2) is 4.79 Å². The van der Waals surface area contributed by atoms with Crippen LogP contribution in [0.2, 0.25) is 0 Å². The Bertz CT molecular complexity index is 662. The molecule has 1 aromatic heterocycles. The molecule has 0 saturated heterocycles. The van der Waals surface area contributed by atoms with Gasteiger partial charge in [0.05, 0.1) is 17.4 Å². The summed E-state index contributed by atoms with van der Waals surface area (Å²) in [5.41, 5.74) is 7.14. The van der Waals surface area contributed by atoms with Crippen LogP contribution in [-0.2, 0) is 4.74 Å². The van der Waals surface area contributed by atoms with Crippen LogP contribution in [0.1, 0.15) is 20.8 Å². The summed E-state index contributed by atoms with van der Waals surface area (Å²) < 4.78 is 10.8. The highest BCUT2D eigenvalue weighted by Crippen LogP contribution is 2.32. The Balaban J connectivity index is 2.24. The van der Waals surface area contributed by atoms with Gasteiger partial charge in [0.25, 0.3) is 0 Å². The zero-order valence-corrected chi connectivity index (χ0v) is 13.5. The van der Waals surface area contributed by atoms with Crippen LogP contribution >= 0.6 is 15.9 Å². The third-order valence-electron chi connectivity index (χ3n) is 2.51. The maximum Gasteiger partial charge on any atom is 0.412 e. The predicted molar refractivity (Wildman–Crippen MR) is 83.9 cm³/mol. The predicted octanol–water partition coefficient (Wildman–Crippen LogP) is 4.03. The van der Waals surface area contributed by atoms with Crippen LogP contribution in [0, 0.1) is 0 Å². The second-order valence-corrected chi connectivity index (χ2v) is 6.28. The number of ether oxygens (including phenoxy) is 1. The number of carbonyl (C=O) groups excluding carboxylic acids is 1. The van der Waals surface area contributed by atoms with Crippen LogP contribution in [0.5, 0.6) is 0 Å². The van der Waals surface area contributed by atoms with Gasteiger partial charge in [-0.2, -0.15) is 0 Å². The Labute approximate surface area is 130 Å². The second kappa shape index (κ2) is 5.77. The van der Waals surface area contributed by atoms with Crippen molar-refractivity contribution in [2.75, 3.05) is 11.1 Å². The molecule has 0 fully saturated rings. The van der Waals surface area contributed by atoms with Gasteiger partial charge in [-0.15, -0.1) is 0 Å². The van der Waals surface area contributed by atoms with Gasteiger partial charge in [0.15, 0.2) is 0 Å². The molecule has 1 aromatic carbocycles. The summed E-state index contributed by atoms with van der Waals surface area (Å²) in [6, 6.07) is 5.40. The summed E-state index contributed by atoms with van der Waals surface area (Å²) in [6.45, 7) is 5.40. The Kier molecular flexibility index (Phi) is 4.22. The van der Waals surface area contributed by atoms with Crippen LogP contribution < -0.4 is 11.1 Å². The van der Waals surface area contributed by atoms with E-state index >= 15 is 0 Å². The number of amides is 1. The molecule has 0 saturated carbocycles. The Hall–Kier alpha value is -2.02. The molecule has 0 bridgehead atoms. The monoisotopic (exact) mass is 353 g/mol. The minimum Gasteiger partial charge on any atom is -0.444 e. The van der Waals surface area contributed by atoms with E-state index in [4.69, 9.17) is 15.0 Å². The molecule has 6 nitrogen and oxygen atoms in total. The molecule has 2 rings (SSSR count). The van der Waals surface area contributed by atoms with E-state index in [9.17, 15) is 4.79 Å². The highest BCUT2D eigenvalue weighted by atomic mass is 79.9. The molecule has 1 heterocycles. The molecule has 0 atom stereocenters. The highest BCUT2D eigenvalue weighted by molar-refractivity contribution is 9.10. The number of nitrogens with zero attached hydrogens (tertiary/aromatic N) is 1. The van der Waals surface area contributed by atoms with Crippen molar-refractivity contribution >= 4 is 33.6 Å². The van der Waals surface area contributed by atoms with Gasteiger partial charge in [-0.1, -0.05) is 11.2 Å². The molecule has 0 radical (unpaired) electrons. The Morgan fingerprint density at radius 1 is 1.43 bits per heavy atom. The van der Waals surface area contributed by atoms with Crippen LogP contribution in [0.4, 0.5) is 16.4 Å². The van der Waals surface area contributed by atoms with Crippen molar-refractivity contribution in [1.29, 1.82) is 0 Å². The number of rotatable bonds is 2. The van der Waals surface area contributed by atoms with E-state index in [0.29, 0.717) is 11.3 Å². The number of nitrogen functional groups attached to an aromatic ring is 1. The van der Waals surface area contributed by atoms with Gasteiger partial charge in [0.1, 0.15) is 5.60 Å². The molecule has 21 heavy (non-hydrogen) atoms. The van der Waals surface area contributed by atoms with Crippen LogP contribution in [-0.4, -0.2) is 16.9 Å². The van der Waals surface area contributed by atoms with Crippen molar-refractivity contribution in [3.8, 4) is 11.1 Å². The van der Waals surface area contributed by atoms with Crippen molar-refractivity contribution in [2.24, 2.45) is 0 Å². The third kappa shape index (κ3) is 3.98. The van der Waals surface area contributed by atoms with Gasteiger partial charge in [0, 0.05) is 4.47 Å². The zero-order valence-electron chi connectivity index (χ0n) is 11.9. The Morgan fingerprint density at radius 2 is 2.14 bits per heavy atom. The molecule has 2 aromatic rings. The quantitative estimate of drug-likeness (QED) is 0.850. The van der Waals surface area contributed by atoms with E-state index in [1.807, 2.05) is 6.07 Å². The van der Waals surface area contributed by atoms with Crippen molar-refractivity contribution in [1.82, 2.24) is 5.16 Å². The summed E-state index contributed by atoms with van der Waals surface area (Å²) in [4.78, 5) is 11.8. The SMILES string of the molecule is CC(C)(C)OC(=O)Nc1cc(-c2cnoc2N)ccc1Br. The van der Waals surface area contributed by atoms with Gasteiger partial charge in [-0.3, -0.25) is 5.32 Å². The molecular weight excluding hydrogens is 338 g/mol. The van der Waals surface area contributed by atoms with E-state index in [1.54, 1.807) is 32.9 Å². The number of hydrogen-bond donors (Lipinski definition) is 2. The summed E-state index contributed by atoms with van der Waals surface area (Å²) in [5.74, 6) is 0.223. The van der Waals surface area contributed by atoms with Crippen LogP contribution in [0.15, 0.2) is 33.4 Å². The summed E-state index contributed by atoms with van der Waals surface area (Å²) >= 11 is 3.38. The van der Waals surface area contributed by atoms with E-state index in [2.05, 4.69) is 26.4 Å². The lowest BCUT2D eigenvalue weighted by molar-refractivity contribution is 0.0636. The molecule has 0 aliphatic rings. The maximum atomic E-state index is 11.8. The minimum atomic E-state index is -0.562. The molecule has 0 aliphatic heterocycles. The average Bonchev–Trinajstić information content (AvgIpc) is 2.76. The lowest BCUT2D eigenvalue weighted by Gasteiger charge is -2.20. The Morgan fingerprint density at radius 3 is 2.71 bits per heavy atom. The molecular formula is C14H16BrN3O3. The van der Waals surface area contributed by atoms with E-state index < -0.39 is 11.7 Å². The van der Waals surface area contributed by atoms with Gasteiger partial charge in [0.2, 0.25) is 5.88 Å². The minimum absolute atomic E-state index is 0.223. The van der Waals surface area contributed by atoms with Crippen molar-refractivity contribution in [2.45, 2.75) is 26.4 Å². The fourth-order valence-corrected chi connectivity index (χ4v) is 2.01. The maximum absolute atomic E-state index is 11.8. The molecule has 112 valence electrons. The molecule has 3 N–H and O–H groups in total. The van der Waals surface area contributed by atoms with E-state index in [1.165, 1.54) is 6.20 Å². The highest BCUT2D eigenvalue weighted by Gasteiger charge is 2.17. The normalized spacial score (nSPS) is 11.2. The average molecular weight is 354 g/mol. The molecule has 0 spiro atoms. The van der Waals surface area contributed by atoms with Crippen molar-refractivity contribution in [3.05, 3.63) is 28.9 Å². The van der Waals surface area contributed by atoms with Crippen molar-refractivity contribution in [3.63, 3.8) is 0 Å². The first-order chi connectivity index (χ1) is 9.76. The van der Waals surface area contributed by atoms with Gasteiger partial charge < -0.3 is 15.0 Å². The number of benzene rings is 1. The third-order valence-corrected chi connectivity index (χ3v) is 3.20. The number of nitrogens with two attached hydrogens (primary N) is 1. The largest absolute Gasteiger partial charge is 0.444 e. The zero-order chi connectivity index (χ0) is 15.6. The number of anilines is 2. The first kappa shape index (κ1) is 15.4. The smallest absolute Gasteiger partial charge is 0.412 e. The van der Waals surface area contributed by atoms with Gasteiger partial charge >= 0.3 is 6.09 Å². The van der Waals surface area contributed by atoms with Gasteiger partial charge in [-0.05, 0) is 54.4 Å². The lowest BCUT2D eigenvalue weighted by atomic mass is 10.1. The second-order valence-electron chi connectivity index (χ2n) is 5.43. The summed E-state index contributed by atoms with van der Waals surface area (Å²) in [5, 5.41) is 6.32. The van der Waals surface area contributed by atoms with Crippen molar-refractivity contribution < 1.29 is 14.1 Å². The van der Waals surface area contributed by atoms with E-state index in [-0.39, 0.29) is 5.88 Å². The first-order valence-corrected chi connectivity index (χ1v) is 7.05. The standard InChI is InChI=1S/C14H16BrN3O3/c1-14(2,3)20-13(19)18-11-6-8(4-5-10(11)15)9-7-17-21-12(9)16/h4-7H,16H2,1-3H3,(H,18,19). The molecule has 1 amide bonds. The summed E-state index contributed by atoms with van der Waals surface area (Å²) in [6.07, 6.45) is 0.995. The molecule has 7 heteroatoms. The first-order valence-electron chi connectivity index (χ1n) is 6.26. The fraction of sp³-hybridized carbons (Fsp3) is 0.286.